The van der Waals surface area contributed by atoms with Gasteiger partial charge in [0.15, 0.2) is 0 Å². The first kappa shape index (κ1) is 59.1. The fourth-order valence-electron chi connectivity index (χ4n) is 8.84. The second-order valence-corrected chi connectivity index (χ2v) is 18.8. The highest BCUT2D eigenvalue weighted by Crippen LogP contribution is 2.41. The van der Waals surface area contributed by atoms with Crippen LogP contribution in [-0.2, 0) is 0 Å². The van der Waals surface area contributed by atoms with Gasteiger partial charge >= 0.3 is 0 Å². The minimum absolute atomic E-state index is 0.788. The van der Waals surface area contributed by atoms with E-state index in [1.54, 1.807) is 0 Å². The summed E-state index contributed by atoms with van der Waals surface area (Å²) in [4.78, 5) is 0. The zero-order chi connectivity index (χ0) is 55.5. The van der Waals surface area contributed by atoms with Crippen LogP contribution >= 0.6 is 0 Å². The average molecular weight is 1030 g/mol. The predicted octanol–water partition coefficient (Wildman–Crippen LogP) is 22.7. The van der Waals surface area contributed by atoms with Crippen LogP contribution < -0.4 is 0 Å². The Morgan fingerprint density at radius 2 is 1.13 bits per heavy atom. The van der Waals surface area contributed by atoms with E-state index < -0.39 is 0 Å². The summed E-state index contributed by atoms with van der Waals surface area (Å²) in [7, 11) is 0. The fourth-order valence-corrected chi connectivity index (χ4v) is 8.84. The van der Waals surface area contributed by atoms with Gasteiger partial charge in [-0.1, -0.05) is 311 Å². The lowest BCUT2D eigenvalue weighted by atomic mass is 9.81. The molecule has 0 heterocycles. The predicted molar refractivity (Wildman–Crippen MR) is 354 cm³/mol. The molecule has 0 aromatic heterocycles. The van der Waals surface area contributed by atoms with E-state index in [9.17, 15) is 0 Å². The molecule has 0 spiro atoms. The van der Waals surface area contributed by atoms with Crippen LogP contribution in [0.1, 0.15) is 75.6 Å². The van der Waals surface area contributed by atoms with E-state index in [0.29, 0.717) is 0 Å². The molecule has 0 radical (unpaired) electrons. The molecule has 6 rings (SSSR count). The molecule has 0 N–H and O–H groups in total. The molecule has 0 unspecified atom stereocenters. The maximum Gasteiger partial charge on any atom is -0.00266 e. The van der Waals surface area contributed by atoms with Gasteiger partial charge in [0.2, 0.25) is 0 Å². The van der Waals surface area contributed by atoms with Crippen molar-refractivity contribution in [2.75, 3.05) is 0 Å². The molecule has 5 aromatic rings. The lowest BCUT2D eigenvalue weighted by molar-refractivity contribution is 1.22. The van der Waals surface area contributed by atoms with E-state index >= 15 is 0 Å². The normalized spacial score (nSPS) is 19.4. The number of hydrogen-bond acceptors (Lipinski definition) is 0. The van der Waals surface area contributed by atoms with Crippen molar-refractivity contribution in [2.24, 2.45) is 0 Å². The SMILES string of the molecule is C=C1\C(c2cccc(-c3ccc4ccccc4c3)c2)=C/C=C/C=C/C=C\C=C/C/C=C\C=C/C/C=C/C=C/C1=C(C(=C/C=C\C=C\C)/C(/C=C/C=C/C/C=C\C)=C/C=C\C=C/CC)\c1cccc(-c2ccc(C)c(/C=C\C)c2)c1. The van der Waals surface area contributed by atoms with Gasteiger partial charge in [-0.2, -0.15) is 0 Å². The molecular formula is C79H78. The number of fused-ring (bicyclic) bond motifs is 1. The first-order valence-corrected chi connectivity index (χ1v) is 27.8. The van der Waals surface area contributed by atoms with Crippen molar-refractivity contribution in [1.82, 2.24) is 0 Å². The van der Waals surface area contributed by atoms with Gasteiger partial charge in [0.05, 0.1) is 0 Å². The Balaban J connectivity index is 1.75. The molecule has 0 nitrogen and oxygen atoms in total. The fraction of sp³-hybridized carbons (Fsp3) is 0.114. The second-order valence-electron chi connectivity index (χ2n) is 18.8. The maximum absolute atomic E-state index is 5.16. The highest BCUT2D eigenvalue weighted by molar-refractivity contribution is 5.98. The van der Waals surface area contributed by atoms with E-state index in [4.69, 9.17) is 6.58 Å². The summed E-state index contributed by atoms with van der Waals surface area (Å²) < 4.78 is 0. The number of allylic oxidation sites excluding steroid dienone is 40. The van der Waals surface area contributed by atoms with Crippen LogP contribution in [0.3, 0.4) is 0 Å². The largest absolute Gasteiger partial charge is 0.0914 e. The summed E-state index contributed by atoms with van der Waals surface area (Å²) in [6.45, 7) is 15.7. The summed E-state index contributed by atoms with van der Waals surface area (Å²) in [5.74, 6) is 0. The lowest BCUT2D eigenvalue weighted by Gasteiger charge is -2.22. The van der Waals surface area contributed by atoms with Gasteiger partial charge in [-0.15, -0.1) is 0 Å². The molecule has 79 heavy (non-hydrogen) atoms. The van der Waals surface area contributed by atoms with Gasteiger partial charge in [0.25, 0.3) is 0 Å². The highest BCUT2D eigenvalue weighted by atomic mass is 14.2. The average Bonchev–Trinajstić information content (AvgIpc) is 3.49. The lowest BCUT2D eigenvalue weighted by Crippen LogP contribution is -2.02. The van der Waals surface area contributed by atoms with Gasteiger partial charge in [0, 0.05) is 0 Å². The van der Waals surface area contributed by atoms with Crippen LogP contribution in [0.15, 0.2) is 345 Å². The van der Waals surface area contributed by atoms with Crippen LogP contribution in [0.5, 0.6) is 0 Å². The van der Waals surface area contributed by atoms with Crippen LogP contribution in [0.4, 0.5) is 0 Å². The molecular weight excluding hydrogens is 949 g/mol. The maximum atomic E-state index is 5.16. The first-order valence-electron chi connectivity index (χ1n) is 27.8. The van der Waals surface area contributed by atoms with Gasteiger partial charge in [-0.05, 0) is 166 Å². The minimum atomic E-state index is 0.788. The minimum Gasteiger partial charge on any atom is -0.0914 e. The zero-order valence-electron chi connectivity index (χ0n) is 47.1. The quantitative estimate of drug-likeness (QED) is 0.0682. The topological polar surface area (TPSA) is 0 Å². The van der Waals surface area contributed by atoms with E-state index in [1.165, 1.54) is 21.9 Å². The van der Waals surface area contributed by atoms with E-state index in [-0.39, 0.29) is 0 Å². The Morgan fingerprint density at radius 3 is 1.89 bits per heavy atom. The third-order valence-corrected chi connectivity index (χ3v) is 12.9. The standard InChI is InChI=1S/C79H78/c1-7-11-14-17-32-36-47-67(46-35-31-15-12-8-2)78(55-37-16-13-9-3)79(75-52-43-50-71(63-75)72-57-56-64(5)68(60-72)44-10-4)77-54-39-34-30-28-26-24-22-20-18-19-21-23-25-27-29-33-38-53-76(65(77)6)74-51-42-49-70(62-74)73-59-58-66-45-40-41-48-69(66)61-73/h7,9-13,15-17,19-27,29-63H,6,8,14,18,28H2,1-5H3/b11-7-,13-9+,15-12-,21-19-,22-20-,25-23-,26-24-,29-27+,32-17+,34-30+,35-31-,37-16-,38-33+,44-10-,47-36+,54-39+,67-46+,76-53+,78-55+,79-77-. The molecule has 0 aliphatic heterocycles. The molecule has 1 aliphatic rings. The van der Waals surface area contributed by atoms with Crippen molar-refractivity contribution < 1.29 is 0 Å². The molecule has 0 saturated heterocycles. The zero-order valence-corrected chi connectivity index (χ0v) is 47.1. The molecule has 0 fully saturated rings. The molecule has 1 aliphatic carbocycles. The van der Waals surface area contributed by atoms with Gasteiger partial charge in [0.1, 0.15) is 0 Å². The van der Waals surface area contributed by atoms with Crippen LogP contribution in [0.2, 0.25) is 0 Å². The molecule has 394 valence electrons. The molecule has 0 bridgehead atoms. The summed E-state index contributed by atoms with van der Waals surface area (Å²) >= 11 is 0. The highest BCUT2D eigenvalue weighted by Gasteiger charge is 2.21. The molecule has 5 aromatic carbocycles. The number of hydrogen-bond donors (Lipinski definition) is 0. The van der Waals surface area contributed by atoms with Crippen molar-refractivity contribution in [3.05, 3.63) is 367 Å². The molecule has 0 saturated carbocycles. The summed E-state index contributed by atoms with van der Waals surface area (Å²) in [6, 6.07) is 40.0. The third kappa shape index (κ3) is 19.5. The Labute approximate surface area is 474 Å². The van der Waals surface area contributed by atoms with Crippen molar-refractivity contribution in [2.45, 2.75) is 60.3 Å². The van der Waals surface area contributed by atoms with Gasteiger partial charge < -0.3 is 0 Å². The van der Waals surface area contributed by atoms with Crippen molar-refractivity contribution in [3.63, 3.8) is 0 Å². The summed E-state index contributed by atoms with van der Waals surface area (Å²) in [5, 5.41) is 2.42. The number of benzene rings is 5. The Morgan fingerprint density at radius 1 is 0.494 bits per heavy atom. The molecule has 0 amide bonds. The first-order chi connectivity index (χ1) is 38.9. The van der Waals surface area contributed by atoms with Crippen molar-refractivity contribution in [1.29, 1.82) is 0 Å². The third-order valence-electron chi connectivity index (χ3n) is 12.9. The monoisotopic (exact) mass is 1030 g/mol. The van der Waals surface area contributed by atoms with Crippen LogP contribution in [-0.4, -0.2) is 0 Å². The summed E-state index contributed by atoms with van der Waals surface area (Å²) in [6.07, 6.45) is 78.6. The Hall–Kier alpha value is -9.10. The van der Waals surface area contributed by atoms with E-state index in [2.05, 4.69) is 350 Å². The van der Waals surface area contributed by atoms with Crippen molar-refractivity contribution >= 4 is 28.0 Å². The smallest absolute Gasteiger partial charge is 0.00266 e. The Kier molecular flexibility index (Phi) is 25.9. The second kappa shape index (κ2) is 34.5. The van der Waals surface area contributed by atoms with Crippen LogP contribution in [0.25, 0.3) is 50.2 Å². The van der Waals surface area contributed by atoms with E-state index in [1.807, 2.05) is 6.92 Å². The van der Waals surface area contributed by atoms with Gasteiger partial charge in [-0.3, -0.25) is 0 Å². The Bertz CT molecular complexity index is 3470. The number of aryl methyl sites for hydroxylation is 1. The summed E-state index contributed by atoms with van der Waals surface area (Å²) in [5.41, 5.74) is 15.0. The van der Waals surface area contributed by atoms with Crippen molar-refractivity contribution in [3.8, 4) is 22.3 Å². The molecule has 0 atom stereocenters. The molecule has 0 heteroatoms. The van der Waals surface area contributed by atoms with E-state index in [0.717, 1.165) is 92.5 Å². The van der Waals surface area contributed by atoms with Crippen LogP contribution in [0, 0.1) is 6.92 Å². The number of rotatable bonds is 16. The van der Waals surface area contributed by atoms with Gasteiger partial charge in [-0.25, -0.2) is 0 Å².